The zero-order valence-corrected chi connectivity index (χ0v) is 78.9. The standard InChI is InChI=1S/C127H127N5/c1-8-13-18-20-22-26-79-126(80-27-23-21-19-14-9-2)118-81-88(7)35-76-116(118)122-115-32-25-24-31-112(115)117(86-121(122)126)96-48-52-99(53-49-96)125-129-123(97-42-36-89(37-43-97)28-15-10-3)128-124(130-125)98-50-44-92(45-51-98)102-60-77-113-114-78-61-103(85-120(114)127(119(113)84-102,104-62-56-93-46-54-100(93)82-104)105-63-57-94-47-55-101(94)83-105)95-58-70-109(71-59-95)132(108-68-40-91(41-69-108)30-17-12-5)111-74-72-110(73-75-111)131(106-64-33-87(6)34-65-106)107-66-38-90(39-67-107)29-16-11-4/h24-25,31-45,48-53,56-78,81-86H,8-23,26-30,46-47,54-55,79-80H2,1-7H3. The molecule has 0 fully saturated rings. The molecule has 1 aromatic heterocycles. The molecule has 660 valence electrons. The summed E-state index contributed by atoms with van der Waals surface area (Å²) >= 11 is 0. The van der Waals surface area contributed by atoms with Gasteiger partial charge in [-0.1, -0.05) is 367 Å². The fourth-order valence-corrected chi connectivity index (χ4v) is 22.2. The lowest BCUT2D eigenvalue weighted by Gasteiger charge is -2.37. The van der Waals surface area contributed by atoms with Crippen LogP contribution in [0, 0.1) is 13.8 Å². The highest BCUT2D eigenvalue weighted by Crippen LogP contribution is 2.61. The fraction of sp³-hybridized carbons (Fsp3) is 0.283. The van der Waals surface area contributed by atoms with Gasteiger partial charge < -0.3 is 9.80 Å². The third kappa shape index (κ3) is 17.2. The van der Waals surface area contributed by atoms with Crippen molar-refractivity contribution in [1.29, 1.82) is 0 Å². The number of hydrogen-bond acceptors (Lipinski definition) is 5. The van der Waals surface area contributed by atoms with Crippen LogP contribution in [-0.2, 0) is 55.8 Å². The highest BCUT2D eigenvalue weighted by atomic mass is 15.2. The number of aryl methyl sites for hydroxylation is 9. The molecule has 5 nitrogen and oxygen atoms in total. The summed E-state index contributed by atoms with van der Waals surface area (Å²) in [5.74, 6) is 1.98. The number of aromatic nitrogens is 3. The number of fused-ring (bicyclic) bond motifs is 10. The molecule has 16 aromatic rings. The average Bonchev–Trinajstić information content (AvgIpc) is 1.50. The molecule has 0 radical (unpaired) electrons. The molecule has 0 N–H and O–H groups in total. The van der Waals surface area contributed by atoms with Crippen molar-refractivity contribution in [2.45, 2.75) is 233 Å². The van der Waals surface area contributed by atoms with E-state index in [1.807, 2.05) is 0 Å². The van der Waals surface area contributed by atoms with Crippen molar-refractivity contribution in [2.75, 3.05) is 9.80 Å². The van der Waals surface area contributed by atoms with E-state index >= 15 is 0 Å². The smallest absolute Gasteiger partial charge is 0.164 e. The molecule has 15 aromatic carbocycles. The Balaban J connectivity index is 0.646. The first-order chi connectivity index (χ1) is 65.0. The minimum atomic E-state index is -0.623. The van der Waals surface area contributed by atoms with E-state index in [0.29, 0.717) is 17.5 Å². The topological polar surface area (TPSA) is 45.2 Å². The summed E-state index contributed by atoms with van der Waals surface area (Å²) in [5.41, 5.74) is 42.5. The molecule has 1 heterocycles. The van der Waals surface area contributed by atoms with Crippen molar-refractivity contribution in [1.82, 2.24) is 15.0 Å². The molecule has 0 spiro atoms. The van der Waals surface area contributed by atoms with Gasteiger partial charge in [0, 0.05) is 56.2 Å². The second kappa shape index (κ2) is 38.9. The van der Waals surface area contributed by atoms with Crippen molar-refractivity contribution in [3.8, 4) is 89.8 Å². The van der Waals surface area contributed by atoms with Gasteiger partial charge in [-0.15, -0.1) is 0 Å². The van der Waals surface area contributed by atoms with Crippen LogP contribution >= 0.6 is 0 Å². The number of nitrogens with zero attached hydrogens (tertiary/aromatic N) is 5. The first kappa shape index (κ1) is 87.2. The van der Waals surface area contributed by atoms with Gasteiger partial charge in [0.15, 0.2) is 17.5 Å². The van der Waals surface area contributed by atoms with Gasteiger partial charge in [0.05, 0.1) is 5.41 Å². The van der Waals surface area contributed by atoms with E-state index in [2.05, 4.69) is 374 Å². The lowest BCUT2D eigenvalue weighted by molar-refractivity contribution is 0.398. The normalized spacial score (nSPS) is 13.4. The Kier molecular flexibility index (Phi) is 25.7. The van der Waals surface area contributed by atoms with Gasteiger partial charge in [-0.25, -0.2) is 15.0 Å². The molecule has 0 saturated carbocycles. The first-order valence-corrected chi connectivity index (χ1v) is 50.3. The van der Waals surface area contributed by atoms with E-state index in [0.717, 1.165) is 114 Å². The average molecular weight is 1720 g/mol. The molecule has 0 atom stereocenters. The zero-order chi connectivity index (χ0) is 89.7. The third-order valence-electron chi connectivity index (χ3n) is 29.9. The monoisotopic (exact) mass is 1720 g/mol. The Morgan fingerprint density at radius 2 is 0.598 bits per heavy atom. The Hall–Kier alpha value is -12.8. The second-order valence-corrected chi connectivity index (χ2v) is 38.7. The van der Waals surface area contributed by atoms with Crippen molar-refractivity contribution >= 4 is 44.9 Å². The molecule has 4 aliphatic rings. The lowest BCUT2D eigenvalue weighted by atomic mass is 9.65. The molecule has 0 bridgehead atoms. The zero-order valence-electron chi connectivity index (χ0n) is 78.9. The summed E-state index contributed by atoms with van der Waals surface area (Å²) in [4.78, 5) is 21.1. The molecule has 0 amide bonds. The van der Waals surface area contributed by atoms with E-state index in [1.165, 1.54) is 254 Å². The number of hydrogen-bond donors (Lipinski definition) is 0. The molecule has 0 unspecified atom stereocenters. The molecule has 5 heteroatoms. The van der Waals surface area contributed by atoms with E-state index in [1.54, 1.807) is 5.56 Å². The maximum Gasteiger partial charge on any atom is 0.164 e. The molecule has 132 heavy (non-hydrogen) atoms. The van der Waals surface area contributed by atoms with Crippen LogP contribution < -0.4 is 9.80 Å². The van der Waals surface area contributed by atoms with Crippen LogP contribution in [0.1, 0.15) is 246 Å². The van der Waals surface area contributed by atoms with Crippen molar-refractivity contribution in [3.63, 3.8) is 0 Å². The summed E-state index contributed by atoms with van der Waals surface area (Å²) in [6, 6.07) is 122. The largest absolute Gasteiger partial charge is 0.311 e. The highest BCUT2D eigenvalue weighted by Gasteiger charge is 2.48. The summed E-state index contributed by atoms with van der Waals surface area (Å²) < 4.78 is 0. The van der Waals surface area contributed by atoms with Crippen LogP contribution in [0.2, 0.25) is 0 Å². The summed E-state index contributed by atoms with van der Waals surface area (Å²) in [6.45, 7) is 15.9. The van der Waals surface area contributed by atoms with Gasteiger partial charge in [-0.3, -0.25) is 0 Å². The maximum absolute atomic E-state index is 5.49. The van der Waals surface area contributed by atoms with Gasteiger partial charge in [0.1, 0.15) is 0 Å². The minimum absolute atomic E-state index is 0.0532. The predicted octanol–water partition coefficient (Wildman–Crippen LogP) is 34.9. The highest BCUT2D eigenvalue weighted by molar-refractivity contribution is 6.09. The van der Waals surface area contributed by atoms with Crippen LogP contribution in [0.5, 0.6) is 0 Å². The summed E-state index contributed by atoms with van der Waals surface area (Å²) in [5, 5.41) is 2.66. The SMILES string of the molecule is CCCCCCCCC1(CCCCCCCC)c2cc(C)ccc2-c2c1cc(-c1ccc(-c3nc(-c4ccc(CCCC)cc4)nc(-c4ccc(-c5ccc6c(c5)C(c5ccc7c(c5)CC7)(c5ccc7c(c5)CC7)c5cc(-c7ccc(N(c8ccc(CCCC)cc8)c8ccc(N(c9ccc(C)cc9)c9ccc(CCCC)cc9)cc8)cc7)ccc5-6)cc4)n3)cc1)c1ccccc21. The predicted molar refractivity (Wildman–Crippen MR) is 559 cm³/mol. The van der Waals surface area contributed by atoms with E-state index < -0.39 is 5.41 Å². The number of anilines is 6. The first-order valence-electron chi connectivity index (χ1n) is 50.3. The Morgan fingerprint density at radius 3 is 1.03 bits per heavy atom. The Morgan fingerprint density at radius 1 is 0.250 bits per heavy atom. The van der Waals surface area contributed by atoms with Gasteiger partial charge in [0.2, 0.25) is 0 Å². The fourth-order valence-electron chi connectivity index (χ4n) is 22.2. The summed E-state index contributed by atoms with van der Waals surface area (Å²) in [7, 11) is 0. The second-order valence-electron chi connectivity index (χ2n) is 38.7. The molecular weight excluding hydrogens is 1600 g/mol. The van der Waals surface area contributed by atoms with Crippen LogP contribution in [-0.4, -0.2) is 15.0 Å². The number of rotatable bonds is 37. The van der Waals surface area contributed by atoms with Crippen LogP contribution in [0.25, 0.3) is 101 Å². The summed E-state index contributed by atoms with van der Waals surface area (Å²) in [6.07, 6.45) is 32.5. The van der Waals surface area contributed by atoms with Gasteiger partial charge >= 0.3 is 0 Å². The van der Waals surface area contributed by atoms with Gasteiger partial charge in [-0.2, -0.15) is 0 Å². The number of unbranched alkanes of at least 4 members (excludes halogenated alkanes) is 13. The molecule has 0 saturated heterocycles. The Bertz CT molecular complexity index is 6700. The minimum Gasteiger partial charge on any atom is -0.311 e. The van der Waals surface area contributed by atoms with Crippen molar-refractivity contribution < 1.29 is 0 Å². The van der Waals surface area contributed by atoms with Crippen LogP contribution in [0.3, 0.4) is 0 Å². The molecule has 4 aliphatic carbocycles. The van der Waals surface area contributed by atoms with E-state index in [4.69, 9.17) is 15.0 Å². The van der Waals surface area contributed by atoms with E-state index in [-0.39, 0.29) is 5.41 Å². The maximum atomic E-state index is 5.49. The molecular formula is C127H127N5. The molecule has 0 aliphatic heterocycles. The number of benzene rings is 15. The quantitative estimate of drug-likeness (QED) is 0.0363. The van der Waals surface area contributed by atoms with E-state index in [9.17, 15) is 0 Å². The Labute approximate surface area is 785 Å². The van der Waals surface area contributed by atoms with Crippen LogP contribution in [0.4, 0.5) is 34.1 Å². The van der Waals surface area contributed by atoms with Crippen molar-refractivity contribution in [2.24, 2.45) is 0 Å². The van der Waals surface area contributed by atoms with Gasteiger partial charge in [0.25, 0.3) is 0 Å². The van der Waals surface area contributed by atoms with Crippen LogP contribution in [0.15, 0.2) is 315 Å². The molecule has 20 rings (SSSR count). The third-order valence-corrected chi connectivity index (χ3v) is 29.9. The van der Waals surface area contributed by atoms with Crippen molar-refractivity contribution in [3.05, 3.63) is 399 Å². The van der Waals surface area contributed by atoms with Gasteiger partial charge in [-0.05, 0) is 321 Å². The lowest BCUT2D eigenvalue weighted by Crippen LogP contribution is -2.30.